The molecule has 0 aliphatic rings. The summed E-state index contributed by atoms with van der Waals surface area (Å²) >= 11 is 5.77. The minimum atomic E-state index is -4.81. The highest BCUT2D eigenvalue weighted by Gasteiger charge is 2.31. The first-order valence-electron chi connectivity index (χ1n) is 8.26. The number of aromatic hydroxyl groups is 1. The minimum absolute atomic E-state index is 0.0266. The molecule has 0 aliphatic heterocycles. The molecule has 158 valence electrons. The molecule has 30 heavy (non-hydrogen) atoms. The fraction of sp³-hybridized carbons (Fsp3) is 0.167. The van der Waals surface area contributed by atoms with E-state index < -0.39 is 30.7 Å². The van der Waals surface area contributed by atoms with Crippen LogP contribution >= 0.6 is 11.6 Å². The van der Waals surface area contributed by atoms with Crippen molar-refractivity contribution in [1.29, 1.82) is 0 Å². The van der Waals surface area contributed by atoms with Gasteiger partial charge in [0.1, 0.15) is 17.5 Å². The number of nitrogens with one attached hydrogen (secondary N) is 1. The average Bonchev–Trinajstić information content (AvgIpc) is 3.17. The maximum Gasteiger partial charge on any atom is 0.573 e. The third-order valence-electron chi connectivity index (χ3n) is 3.78. The molecule has 2 aromatic carbocycles. The Balaban J connectivity index is 1.73. The number of carbonyl (C=O) groups is 1. The molecule has 12 heteroatoms. The normalized spacial score (nSPS) is 12.4. The van der Waals surface area contributed by atoms with E-state index in [9.17, 15) is 28.2 Å². The molecule has 1 atom stereocenters. The Bertz CT molecular complexity index is 1040. The number of phenolic OH excluding ortho intramolecular Hbond substituents is 1. The predicted octanol–water partition coefficient (Wildman–Crippen LogP) is 3.46. The van der Waals surface area contributed by atoms with Crippen molar-refractivity contribution in [2.45, 2.75) is 12.4 Å². The topological polar surface area (TPSA) is 118 Å². The van der Waals surface area contributed by atoms with Gasteiger partial charge in [-0.2, -0.15) is 4.98 Å². The van der Waals surface area contributed by atoms with Gasteiger partial charge in [-0.25, -0.2) is 0 Å². The molecule has 1 heterocycles. The van der Waals surface area contributed by atoms with Crippen molar-refractivity contribution in [3.8, 4) is 22.9 Å². The molecule has 0 radical (unpaired) electrons. The van der Waals surface area contributed by atoms with Crippen LogP contribution < -0.4 is 10.1 Å². The van der Waals surface area contributed by atoms with E-state index in [-0.39, 0.29) is 28.1 Å². The van der Waals surface area contributed by atoms with Gasteiger partial charge in [0.05, 0.1) is 11.6 Å². The van der Waals surface area contributed by atoms with Crippen molar-refractivity contribution in [2.75, 3.05) is 6.61 Å². The van der Waals surface area contributed by atoms with Crippen LogP contribution in [0.25, 0.3) is 11.4 Å². The summed E-state index contributed by atoms with van der Waals surface area (Å²) in [7, 11) is 0. The second-order valence-corrected chi connectivity index (χ2v) is 6.31. The lowest BCUT2D eigenvalue weighted by molar-refractivity contribution is -0.274. The number of ether oxygens (including phenoxy) is 1. The van der Waals surface area contributed by atoms with Gasteiger partial charge in [-0.15, -0.1) is 13.2 Å². The third-order valence-corrected chi connectivity index (χ3v) is 4.09. The van der Waals surface area contributed by atoms with Gasteiger partial charge >= 0.3 is 6.36 Å². The lowest BCUT2D eigenvalue weighted by atomic mass is 10.2. The first kappa shape index (κ1) is 21.4. The molecular weight excluding hydrogens is 431 g/mol. The minimum Gasteiger partial charge on any atom is -0.506 e. The van der Waals surface area contributed by atoms with Crippen molar-refractivity contribution < 1.29 is 37.4 Å². The van der Waals surface area contributed by atoms with Crippen LogP contribution in [-0.2, 0) is 0 Å². The summed E-state index contributed by atoms with van der Waals surface area (Å²) in [5.74, 6) is -1.32. The van der Waals surface area contributed by atoms with Crippen LogP contribution in [0, 0.1) is 0 Å². The Kier molecular flexibility index (Phi) is 6.13. The van der Waals surface area contributed by atoms with E-state index in [4.69, 9.17) is 16.1 Å². The number of alkyl halides is 3. The number of nitrogens with zero attached hydrogens (tertiary/aromatic N) is 2. The highest BCUT2D eigenvalue weighted by molar-refractivity contribution is 6.32. The fourth-order valence-corrected chi connectivity index (χ4v) is 2.56. The molecule has 0 saturated carbocycles. The van der Waals surface area contributed by atoms with E-state index >= 15 is 0 Å². The molecular formula is C18H13ClF3N3O5. The molecule has 3 rings (SSSR count). The first-order valence-corrected chi connectivity index (χ1v) is 8.64. The summed E-state index contributed by atoms with van der Waals surface area (Å²) in [6.45, 7) is -0.572. The van der Waals surface area contributed by atoms with Crippen molar-refractivity contribution >= 4 is 17.5 Å². The van der Waals surface area contributed by atoms with Crippen molar-refractivity contribution in [3.63, 3.8) is 0 Å². The van der Waals surface area contributed by atoms with Crippen molar-refractivity contribution in [1.82, 2.24) is 15.5 Å². The van der Waals surface area contributed by atoms with Crippen LogP contribution in [0.1, 0.15) is 22.3 Å². The van der Waals surface area contributed by atoms with Crippen LogP contribution in [0.4, 0.5) is 13.2 Å². The van der Waals surface area contributed by atoms with Gasteiger partial charge in [0.25, 0.3) is 11.8 Å². The maximum absolute atomic E-state index is 12.3. The lowest BCUT2D eigenvalue weighted by Crippen LogP contribution is -2.31. The molecule has 8 nitrogen and oxygen atoms in total. The van der Waals surface area contributed by atoms with E-state index in [2.05, 4.69) is 20.2 Å². The highest BCUT2D eigenvalue weighted by atomic mass is 35.5. The molecule has 0 saturated heterocycles. The summed E-state index contributed by atoms with van der Waals surface area (Å²) in [6.07, 6.45) is -4.81. The van der Waals surface area contributed by atoms with Crippen molar-refractivity contribution in [2.24, 2.45) is 0 Å². The average molecular weight is 444 g/mol. The Morgan fingerprint density at radius 3 is 2.53 bits per heavy atom. The number of aromatic nitrogens is 2. The Morgan fingerprint density at radius 2 is 1.93 bits per heavy atom. The van der Waals surface area contributed by atoms with Crippen LogP contribution in [-0.4, -0.2) is 39.2 Å². The second-order valence-electron chi connectivity index (χ2n) is 5.90. The molecule has 1 amide bonds. The largest absolute Gasteiger partial charge is 0.573 e. The van der Waals surface area contributed by atoms with E-state index in [0.29, 0.717) is 5.56 Å². The van der Waals surface area contributed by atoms with Crippen LogP contribution in [0.15, 0.2) is 47.0 Å². The van der Waals surface area contributed by atoms with E-state index in [1.54, 1.807) is 0 Å². The zero-order valence-corrected chi connectivity index (χ0v) is 15.6. The Morgan fingerprint density at radius 1 is 1.23 bits per heavy atom. The molecule has 3 aromatic rings. The van der Waals surface area contributed by atoms with Crippen molar-refractivity contribution in [3.05, 3.63) is 58.9 Å². The van der Waals surface area contributed by atoms with Gasteiger partial charge in [0.2, 0.25) is 5.82 Å². The molecule has 3 N–H and O–H groups in total. The van der Waals surface area contributed by atoms with E-state index in [0.717, 1.165) is 12.1 Å². The number of carbonyl (C=O) groups excluding carboxylic acids is 1. The molecule has 0 spiro atoms. The lowest BCUT2D eigenvalue weighted by Gasteiger charge is -2.12. The van der Waals surface area contributed by atoms with Gasteiger partial charge in [0, 0.05) is 11.1 Å². The smallest absolute Gasteiger partial charge is 0.506 e. The van der Waals surface area contributed by atoms with E-state index in [1.165, 1.54) is 30.3 Å². The number of benzene rings is 2. The van der Waals surface area contributed by atoms with Crippen LogP contribution in [0.5, 0.6) is 11.5 Å². The maximum atomic E-state index is 12.3. The molecule has 0 unspecified atom stereocenters. The Labute approximate surface area is 171 Å². The van der Waals surface area contributed by atoms with Gasteiger partial charge in [-0.3, -0.25) is 4.79 Å². The molecule has 0 fully saturated rings. The van der Waals surface area contributed by atoms with Crippen LogP contribution in [0.3, 0.4) is 0 Å². The summed E-state index contributed by atoms with van der Waals surface area (Å²) in [4.78, 5) is 16.4. The summed E-state index contributed by atoms with van der Waals surface area (Å²) in [6, 6.07) is 7.50. The Hall–Kier alpha value is -3.31. The third kappa shape index (κ3) is 5.19. The monoisotopic (exact) mass is 443 g/mol. The molecule has 0 bridgehead atoms. The number of aliphatic hydroxyl groups excluding tert-OH is 1. The zero-order chi connectivity index (χ0) is 21.9. The number of phenols is 1. The number of amides is 1. The van der Waals surface area contributed by atoms with E-state index in [1.807, 2.05) is 0 Å². The highest BCUT2D eigenvalue weighted by Crippen LogP contribution is 2.27. The quantitative estimate of drug-likeness (QED) is 0.534. The summed E-state index contributed by atoms with van der Waals surface area (Å²) in [5.41, 5.74) is 0.448. The fourth-order valence-electron chi connectivity index (χ4n) is 2.37. The summed E-state index contributed by atoms with van der Waals surface area (Å²) < 4.78 is 45.5. The number of halogens is 4. The van der Waals surface area contributed by atoms with Gasteiger partial charge in [-0.05, 0) is 42.5 Å². The number of rotatable bonds is 6. The van der Waals surface area contributed by atoms with Crippen LogP contribution in [0.2, 0.25) is 5.02 Å². The number of aliphatic hydroxyl groups is 1. The zero-order valence-electron chi connectivity index (χ0n) is 14.9. The standard InChI is InChI=1S/C18H13ClF3N3O5/c19-12-7-10(3-6-14(12)27)16(28)23-13(8-26)17-24-15(25-30-17)9-1-4-11(5-2-9)29-18(20,21)22/h1-7,13,26-27H,8H2,(H,23,28)/t13-/m0/s1. The number of hydrogen-bond acceptors (Lipinski definition) is 7. The first-order chi connectivity index (χ1) is 14.2. The SMILES string of the molecule is O=C(N[C@@H](CO)c1nc(-c2ccc(OC(F)(F)F)cc2)no1)c1ccc(O)c(Cl)c1. The predicted molar refractivity (Wildman–Crippen MR) is 96.8 cm³/mol. The second kappa shape index (κ2) is 8.59. The van der Waals surface area contributed by atoms with Gasteiger partial charge in [0.15, 0.2) is 0 Å². The molecule has 0 aliphatic carbocycles. The van der Waals surface area contributed by atoms with Gasteiger partial charge in [-0.1, -0.05) is 16.8 Å². The summed E-state index contributed by atoms with van der Waals surface area (Å²) in [5, 5.41) is 25.1. The van der Waals surface area contributed by atoms with Gasteiger partial charge < -0.3 is 24.8 Å². The number of hydrogen-bond donors (Lipinski definition) is 3. The molecule has 1 aromatic heterocycles.